The van der Waals surface area contributed by atoms with Crippen LogP contribution < -0.4 is 19.6 Å². The van der Waals surface area contributed by atoms with Crippen LogP contribution in [0.1, 0.15) is 60.0 Å². The summed E-state index contributed by atoms with van der Waals surface area (Å²) >= 11 is 1.36. The molecule has 0 spiro atoms. The lowest BCUT2D eigenvalue weighted by Crippen LogP contribution is -2.38. The van der Waals surface area contributed by atoms with Gasteiger partial charge in [0, 0.05) is 11.1 Å². The van der Waals surface area contributed by atoms with Crippen molar-refractivity contribution in [2.75, 3.05) is 7.11 Å². The zero-order chi connectivity index (χ0) is 25.7. The van der Waals surface area contributed by atoms with E-state index in [2.05, 4.69) is 62.4 Å². The molecule has 186 valence electrons. The van der Waals surface area contributed by atoms with Crippen molar-refractivity contribution in [3.8, 4) is 11.5 Å². The van der Waals surface area contributed by atoms with Crippen LogP contribution in [-0.2, 0) is 6.42 Å². The highest BCUT2D eigenvalue weighted by molar-refractivity contribution is 7.07. The van der Waals surface area contributed by atoms with Gasteiger partial charge in [0.2, 0.25) is 0 Å². The third-order valence-corrected chi connectivity index (χ3v) is 8.31. The molecule has 3 aromatic carbocycles. The van der Waals surface area contributed by atoms with Crippen molar-refractivity contribution in [2.45, 2.75) is 38.6 Å². The summed E-state index contributed by atoms with van der Waals surface area (Å²) in [5, 5.41) is 10.6. The highest BCUT2D eigenvalue weighted by Gasteiger charge is 2.32. The molecule has 1 aliphatic carbocycles. The summed E-state index contributed by atoms with van der Waals surface area (Å²) < 4.78 is 7.62. The fourth-order valence-corrected chi connectivity index (χ4v) is 6.34. The Balaban J connectivity index is 1.60. The van der Waals surface area contributed by atoms with E-state index in [1.807, 2.05) is 4.57 Å². The Morgan fingerprint density at radius 3 is 2.59 bits per heavy atom. The number of ether oxygens (including phenoxy) is 1. The number of phenols is 1. The first kappa shape index (κ1) is 23.5. The van der Waals surface area contributed by atoms with Crippen molar-refractivity contribution < 1.29 is 9.84 Å². The van der Waals surface area contributed by atoms with Crippen LogP contribution in [-0.4, -0.2) is 16.8 Å². The van der Waals surface area contributed by atoms with Crippen molar-refractivity contribution >= 4 is 23.1 Å². The lowest BCUT2D eigenvalue weighted by molar-refractivity contribution is 0.373. The lowest BCUT2D eigenvalue weighted by atomic mass is 9.83. The molecule has 0 saturated heterocycles. The van der Waals surface area contributed by atoms with Gasteiger partial charge in [-0.1, -0.05) is 85.8 Å². The molecule has 5 nitrogen and oxygen atoms in total. The van der Waals surface area contributed by atoms with Gasteiger partial charge in [-0.25, -0.2) is 4.99 Å². The second-order valence-corrected chi connectivity index (χ2v) is 10.8. The number of hydrogen-bond donors (Lipinski definition) is 1. The monoisotopic (exact) mass is 508 g/mol. The summed E-state index contributed by atoms with van der Waals surface area (Å²) in [6, 6.07) is 22.1. The van der Waals surface area contributed by atoms with Crippen LogP contribution in [0.4, 0.5) is 0 Å². The molecule has 6 heteroatoms. The predicted octanol–water partition coefficient (Wildman–Crippen LogP) is 5.16. The number of methoxy groups -OCH3 is 1. The number of aromatic hydroxyl groups is 1. The quantitative estimate of drug-likeness (QED) is 0.414. The summed E-state index contributed by atoms with van der Waals surface area (Å²) in [6.07, 6.45) is 3.51. The van der Waals surface area contributed by atoms with Crippen molar-refractivity contribution in [1.29, 1.82) is 0 Å². The van der Waals surface area contributed by atoms with E-state index in [0.29, 0.717) is 26.6 Å². The molecule has 2 aliphatic rings. The van der Waals surface area contributed by atoms with E-state index in [1.54, 1.807) is 24.3 Å². The highest BCUT2D eigenvalue weighted by atomic mass is 32.1. The summed E-state index contributed by atoms with van der Waals surface area (Å²) in [6.45, 7) is 4.37. The number of thiazole rings is 1. The van der Waals surface area contributed by atoms with E-state index < -0.39 is 0 Å². The second kappa shape index (κ2) is 9.20. The Hall–Kier alpha value is -3.90. The topological polar surface area (TPSA) is 63.8 Å². The number of benzene rings is 3. The molecule has 0 radical (unpaired) electrons. The van der Waals surface area contributed by atoms with E-state index in [4.69, 9.17) is 9.73 Å². The van der Waals surface area contributed by atoms with Gasteiger partial charge < -0.3 is 9.84 Å². The minimum atomic E-state index is -0.220. The Morgan fingerprint density at radius 1 is 1.05 bits per heavy atom. The number of aromatic nitrogens is 1. The first-order valence-corrected chi connectivity index (χ1v) is 13.4. The smallest absolute Gasteiger partial charge is 0.271 e. The van der Waals surface area contributed by atoms with Gasteiger partial charge in [0.05, 0.1) is 23.4 Å². The van der Waals surface area contributed by atoms with Gasteiger partial charge in [-0.15, -0.1) is 0 Å². The maximum Gasteiger partial charge on any atom is 0.271 e. The Morgan fingerprint density at radius 2 is 1.84 bits per heavy atom. The molecule has 1 aromatic heterocycles. The molecule has 2 heterocycles. The lowest BCUT2D eigenvalue weighted by Gasteiger charge is -2.31. The normalized spacial score (nSPS) is 16.8. The van der Waals surface area contributed by atoms with Gasteiger partial charge in [-0.2, -0.15) is 0 Å². The summed E-state index contributed by atoms with van der Waals surface area (Å²) in [5.41, 5.74) is 7.40. The Bertz CT molecular complexity index is 1730. The molecule has 1 unspecified atom stereocenters. The van der Waals surface area contributed by atoms with Crippen LogP contribution in [0, 0.1) is 0 Å². The molecular formula is C31H28N2O3S. The molecule has 0 amide bonds. The molecule has 4 aromatic rings. The standard InChI is InChI=1S/C31H28N2O3S/c1-18(2)19-11-13-21(14-12-19)28-24-16-15-20-7-4-5-9-23(20)27(24)32-31-33(28)30(35)26(37-31)17-22-8-6-10-25(36-3)29(22)34/h4-14,17-18,28,34H,15-16H2,1-3H3. The average Bonchev–Trinajstić information content (AvgIpc) is 3.23. The maximum absolute atomic E-state index is 13.9. The zero-order valence-electron chi connectivity index (χ0n) is 21.1. The van der Waals surface area contributed by atoms with Gasteiger partial charge in [0.15, 0.2) is 16.3 Å². The number of fused-ring (bicyclic) bond motifs is 3. The van der Waals surface area contributed by atoms with Crippen molar-refractivity contribution in [3.05, 3.63) is 120 Å². The second-order valence-electron chi connectivity index (χ2n) is 9.83. The molecule has 1 atom stereocenters. The Kier molecular flexibility index (Phi) is 5.84. The van der Waals surface area contributed by atoms with E-state index in [9.17, 15) is 9.90 Å². The molecule has 1 N–H and O–H groups in total. The zero-order valence-corrected chi connectivity index (χ0v) is 21.9. The third-order valence-electron chi connectivity index (χ3n) is 7.33. The molecular weight excluding hydrogens is 480 g/mol. The minimum Gasteiger partial charge on any atom is -0.504 e. The van der Waals surface area contributed by atoms with Gasteiger partial charge in [0.25, 0.3) is 5.56 Å². The van der Waals surface area contributed by atoms with E-state index in [1.165, 1.54) is 35.1 Å². The van der Waals surface area contributed by atoms with E-state index in [-0.39, 0.29) is 17.4 Å². The molecule has 6 rings (SSSR count). The van der Waals surface area contributed by atoms with Crippen molar-refractivity contribution in [3.63, 3.8) is 0 Å². The number of aryl methyl sites for hydroxylation is 1. The number of allylic oxidation sites excluding steroid dienone is 1. The van der Waals surface area contributed by atoms with E-state index >= 15 is 0 Å². The SMILES string of the molecule is COc1cccc(C=c2sc3n(c2=O)C(c2ccc(C(C)C)cc2)C2=C(N=3)c3ccccc3CC2)c1O. The van der Waals surface area contributed by atoms with Crippen molar-refractivity contribution in [1.82, 2.24) is 4.57 Å². The van der Waals surface area contributed by atoms with Crippen LogP contribution >= 0.6 is 11.3 Å². The fourth-order valence-electron chi connectivity index (χ4n) is 5.35. The van der Waals surface area contributed by atoms with Crippen LogP contribution in [0.25, 0.3) is 11.8 Å². The number of para-hydroxylation sites is 1. The fraction of sp³-hybridized carbons (Fsp3) is 0.226. The van der Waals surface area contributed by atoms with Gasteiger partial charge >= 0.3 is 0 Å². The van der Waals surface area contributed by atoms with Crippen LogP contribution in [0.3, 0.4) is 0 Å². The summed E-state index contributed by atoms with van der Waals surface area (Å²) in [5.74, 6) is 0.824. The molecule has 0 bridgehead atoms. The molecule has 0 saturated carbocycles. The maximum atomic E-state index is 13.9. The predicted molar refractivity (Wildman–Crippen MR) is 148 cm³/mol. The highest BCUT2D eigenvalue weighted by Crippen LogP contribution is 2.41. The average molecular weight is 509 g/mol. The summed E-state index contributed by atoms with van der Waals surface area (Å²) in [4.78, 5) is 19.6. The molecule has 37 heavy (non-hydrogen) atoms. The first-order chi connectivity index (χ1) is 18.0. The number of nitrogens with zero attached hydrogens (tertiary/aromatic N) is 2. The first-order valence-electron chi connectivity index (χ1n) is 12.5. The van der Waals surface area contributed by atoms with Gasteiger partial charge in [-0.05, 0) is 53.2 Å². The van der Waals surface area contributed by atoms with Crippen LogP contribution in [0.5, 0.6) is 11.5 Å². The third kappa shape index (κ3) is 3.92. The van der Waals surface area contributed by atoms with Gasteiger partial charge in [0.1, 0.15) is 0 Å². The van der Waals surface area contributed by atoms with Crippen LogP contribution in [0.15, 0.2) is 82.1 Å². The molecule has 1 aliphatic heterocycles. The number of hydrogen-bond acceptors (Lipinski definition) is 5. The Labute approximate surface area is 219 Å². The summed E-state index contributed by atoms with van der Waals surface area (Å²) in [7, 11) is 1.51. The van der Waals surface area contributed by atoms with E-state index in [0.717, 1.165) is 29.7 Å². The largest absolute Gasteiger partial charge is 0.504 e. The van der Waals surface area contributed by atoms with Crippen LogP contribution in [0.2, 0.25) is 0 Å². The number of rotatable bonds is 4. The minimum absolute atomic E-state index is 0.0184. The van der Waals surface area contributed by atoms with Gasteiger partial charge in [-0.3, -0.25) is 9.36 Å². The molecule has 0 fully saturated rings. The van der Waals surface area contributed by atoms with Crippen molar-refractivity contribution in [2.24, 2.45) is 4.99 Å². The number of phenolic OH excluding ortho intramolecular Hbond substituents is 1.